The normalized spacial score (nSPS) is 16.2. The maximum absolute atomic E-state index is 14.0. The standard InChI is InChI=1S/C18H14ClFN4O2/c1-22-8-12(7-14(20)17(22)25)24-16(10-3-5-11(19)6-4-10)13-9-23(2)21-15(13)18(24)26/h3-9,16H,1-2H3. The lowest BCUT2D eigenvalue weighted by molar-refractivity contribution is 0.0988. The van der Waals surface area contributed by atoms with E-state index in [1.165, 1.54) is 18.1 Å². The molecule has 8 heteroatoms. The summed E-state index contributed by atoms with van der Waals surface area (Å²) in [6.45, 7) is 0. The Morgan fingerprint density at radius 1 is 1.12 bits per heavy atom. The summed E-state index contributed by atoms with van der Waals surface area (Å²) in [5.41, 5.74) is 1.37. The number of hydrogen-bond acceptors (Lipinski definition) is 3. The van der Waals surface area contributed by atoms with Crippen molar-refractivity contribution in [1.82, 2.24) is 14.3 Å². The molecular formula is C18H14ClFN4O2. The third-order valence-electron chi connectivity index (χ3n) is 4.42. The van der Waals surface area contributed by atoms with E-state index in [0.717, 1.165) is 16.2 Å². The average molecular weight is 373 g/mol. The number of aryl methyl sites for hydroxylation is 2. The van der Waals surface area contributed by atoms with Crippen LogP contribution in [0, 0.1) is 5.82 Å². The van der Waals surface area contributed by atoms with Crippen LogP contribution in [0.4, 0.5) is 10.1 Å². The molecule has 2 aromatic heterocycles. The van der Waals surface area contributed by atoms with E-state index in [4.69, 9.17) is 11.6 Å². The van der Waals surface area contributed by atoms with Crippen molar-refractivity contribution in [3.8, 4) is 0 Å². The molecule has 1 aliphatic heterocycles. The van der Waals surface area contributed by atoms with E-state index in [0.29, 0.717) is 16.3 Å². The highest BCUT2D eigenvalue weighted by Gasteiger charge is 2.41. The molecule has 0 bridgehead atoms. The number of carbonyl (C=O) groups excluding carboxylic acids is 1. The molecule has 132 valence electrons. The van der Waals surface area contributed by atoms with Crippen molar-refractivity contribution >= 4 is 23.2 Å². The van der Waals surface area contributed by atoms with Gasteiger partial charge < -0.3 is 4.57 Å². The molecule has 1 aliphatic rings. The van der Waals surface area contributed by atoms with Gasteiger partial charge in [0.1, 0.15) is 0 Å². The predicted octanol–water partition coefficient (Wildman–Crippen LogP) is 2.66. The van der Waals surface area contributed by atoms with E-state index in [1.807, 2.05) is 12.1 Å². The average Bonchev–Trinajstić information content (AvgIpc) is 3.09. The van der Waals surface area contributed by atoms with Gasteiger partial charge in [0.15, 0.2) is 11.5 Å². The fourth-order valence-corrected chi connectivity index (χ4v) is 3.40. The highest BCUT2D eigenvalue weighted by atomic mass is 35.5. The van der Waals surface area contributed by atoms with Gasteiger partial charge in [0.25, 0.3) is 11.5 Å². The lowest BCUT2D eigenvalue weighted by Crippen LogP contribution is -2.31. The number of anilines is 1. The number of fused-ring (bicyclic) bond motifs is 1. The number of aromatic nitrogens is 3. The maximum Gasteiger partial charge on any atom is 0.286 e. The molecule has 1 amide bonds. The Kier molecular flexibility index (Phi) is 3.69. The molecule has 0 saturated carbocycles. The van der Waals surface area contributed by atoms with Crippen LogP contribution in [0.1, 0.15) is 27.7 Å². The minimum absolute atomic E-state index is 0.287. The number of nitrogens with zero attached hydrogens (tertiary/aromatic N) is 4. The van der Waals surface area contributed by atoms with E-state index in [2.05, 4.69) is 5.10 Å². The number of amides is 1. The minimum Gasteiger partial charge on any atom is -0.314 e. The molecule has 1 atom stereocenters. The third kappa shape index (κ3) is 2.43. The molecule has 0 aliphatic carbocycles. The van der Waals surface area contributed by atoms with Crippen molar-refractivity contribution in [2.75, 3.05) is 4.90 Å². The van der Waals surface area contributed by atoms with Gasteiger partial charge in [-0.05, 0) is 17.7 Å². The number of benzene rings is 1. The molecule has 3 heterocycles. The monoisotopic (exact) mass is 372 g/mol. The van der Waals surface area contributed by atoms with E-state index in [-0.39, 0.29) is 11.6 Å². The second-order valence-corrected chi connectivity index (χ2v) is 6.63. The molecule has 3 aromatic rings. The topological polar surface area (TPSA) is 60.1 Å². The first kappa shape index (κ1) is 16.5. The number of halogens is 2. The molecule has 1 aromatic carbocycles. The van der Waals surface area contributed by atoms with Gasteiger partial charge in [-0.3, -0.25) is 19.2 Å². The summed E-state index contributed by atoms with van der Waals surface area (Å²) >= 11 is 5.98. The van der Waals surface area contributed by atoms with Crippen LogP contribution >= 0.6 is 11.6 Å². The van der Waals surface area contributed by atoms with Gasteiger partial charge >= 0.3 is 0 Å². The molecule has 0 radical (unpaired) electrons. The zero-order chi connectivity index (χ0) is 18.6. The molecule has 0 N–H and O–H groups in total. The van der Waals surface area contributed by atoms with Crippen LogP contribution in [0.3, 0.4) is 0 Å². The first-order valence-electron chi connectivity index (χ1n) is 7.85. The highest BCUT2D eigenvalue weighted by Crippen LogP contribution is 2.41. The number of pyridine rings is 1. The maximum atomic E-state index is 14.0. The van der Waals surface area contributed by atoms with Crippen molar-refractivity contribution in [3.05, 3.63) is 80.7 Å². The summed E-state index contributed by atoms with van der Waals surface area (Å²) in [5, 5.41) is 4.81. The Bertz CT molecular complexity index is 1060. The van der Waals surface area contributed by atoms with Gasteiger partial charge in [-0.25, -0.2) is 4.39 Å². The van der Waals surface area contributed by atoms with E-state index >= 15 is 0 Å². The molecule has 26 heavy (non-hydrogen) atoms. The summed E-state index contributed by atoms with van der Waals surface area (Å²) < 4.78 is 16.7. The molecule has 6 nitrogen and oxygen atoms in total. The highest BCUT2D eigenvalue weighted by molar-refractivity contribution is 6.30. The Morgan fingerprint density at radius 2 is 1.81 bits per heavy atom. The summed E-state index contributed by atoms with van der Waals surface area (Å²) in [6, 6.07) is 7.68. The Hall–Kier alpha value is -2.93. The molecule has 4 rings (SSSR count). The Labute approximate surface area is 153 Å². The quantitative estimate of drug-likeness (QED) is 0.695. The fourth-order valence-electron chi connectivity index (χ4n) is 3.27. The molecule has 1 unspecified atom stereocenters. The van der Waals surface area contributed by atoms with Gasteiger partial charge in [0.2, 0.25) is 0 Å². The van der Waals surface area contributed by atoms with Crippen LogP contribution in [0.2, 0.25) is 5.02 Å². The number of carbonyl (C=O) groups is 1. The summed E-state index contributed by atoms with van der Waals surface area (Å²) in [5.74, 6) is -1.27. The summed E-state index contributed by atoms with van der Waals surface area (Å²) in [4.78, 5) is 26.1. The van der Waals surface area contributed by atoms with E-state index in [1.54, 1.807) is 30.1 Å². The zero-order valence-corrected chi connectivity index (χ0v) is 14.7. The zero-order valence-electron chi connectivity index (χ0n) is 14.0. The number of rotatable bonds is 2. The predicted molar refractivity (Wildman–Crippen MR) is 95.0 cm³/mol. The first-order chi connectivity index (χ1) is 12.4. The SMILES string of the molecule is Cn1cc2c(n1)C(=O)N(c1cc(F)c(=O)n(C)c1)C2c1ccc(Cl)cc1. The summed E-state index contributed by atoms with van der Waals surface area (Å²) in [7, 11) is 3.18. The lowest BCUT2D eigenvalue weighted by Gasteiger charge is -2.26. The Balaban J connectivity index is 1.92. The second-order valence-electron chi connectivity index (χ2n) is 6.20. The molecule has 0 saturated heterocycles. The second kappa shape index (κ2) is 5.81. The molecular weight excluding hydrogens is 359 g/mol. The molecule has 0 spiro atoms. The van der Waals surface area contributed by atoms with E-state index in [9.17, 15) is 14.0 Å². The fraction of sp³-hybridized carbons (Fsp3) is 0.167. The Morgan fingerprint density at radius 3 is 2.46 bits per heavy atom. The van der Waals surface area contributed by atoms with Gasteiger partial charge in [-0.2, -0.15) is 5.10 Å². The summed E-state index contributed by atoms with van der Waals surface area (Å²) in [6.07, 6.45) is 3.21. The van der Waals surface area contributed by atoms with Crippen molar-refractivity contribution in [2.24, 2.45) is 14.1 Å². The van der Waals surface area contributed by atoms with Gasteiger partial charge in [0, 0.05) is 43.1 Å². The van der Waals surface area contributed by atoms with Crippen LogP contribution in [-0.2, 0) is 14.1 Å². The van der Waals surface area contributed by atoms with Crippen molar-refractivity contribution in [3.63, 3.8) is 0 Å². The van der Waals surface area contributed by atoms with Crippen molar-refractivity contribution < 1.29 is 9.18 Å². The van der Waals surface area contributed by atoms with Crippen LogP contribution in [0.5, 0.6) is 0 Å². The smallest absolute Gasteiger partial charge is 0.286 e. The van der Waals surface area contributed by atoms with Gasteiger partial charge in [0.05, 0.1) is 11.7 Å². The van der Waals surface area contributed by atoms with Crippen LogP contribution < -0.4 is 10.5 Å². The van der Waals surface area contributed by atoms with Crippen molar-refractivity contribution in [1.29, 1.82) is 0 Å². The van der Waals surface area contributed by atoms with Gasteiger partial charge in [-0.15, -0.1) is 0 Å². The van der Waals surface area contributed by atoms with Crippen LogP contribution in [0.25, 0.3) is 0 Å². The minimum atomic E-state index is -0.919. The van der Waals surface area contributed by atoms with E-state index < -0.39 is 17.4 Å². The van der Waals surface area contributed by atoms with Gasteiger partial charge in [-0.1, -0.05) is 23.7 Å². The lowest BCUT2D eigenvalue weighted by atomic mass is 10.0. The first-order valence-corrected chi connectivity index (χ1v) is 8.23. The van der Waals surface area contributed by atoms with Crippen LogP contribution in [0.15, 0.2) is 47.5 Å². The molecule has 0 fully saturated rings. The largest absolute Gasteiger partial charge is 0.314 e. The van der Waals surface area contributed by atoms with Crippen LogP contribution in [-0.4, -0.2) is 20.3 Å². The number of hydrogen-bond donors (Lipinski definition) is 0. The third-order valence-corrected chi connectivity index (χ3v) is 4.67. The van der Waals surface area contributed by atoms with Crippen molar-refractivity contribution in [2.45, 2.75) is 6.04 Å².